The van der Waals surface area contributed by atoms with Crippen LogP contribution in [0.5, 0.6) is 0 Å². The van der Waals surface area contributed by atoms with Gasteiger partial charge in [0.15, 0.2) is 0 Å². The molecule has 2 aromatic heterocycles. The van der Waals surface area contributed by atoms with Gasteiger partial charge in [-0.05, 0) is 30.7 Å². The molecule has 4 heteroatoms. The summed E-state index contributed by atoms with van der Waals surface area (Å²) in [5.74, 6) is 0.844. The van der Waals surface area contributed by atoms with Crippen LogP contribution < -0.4 is 11.1 Å². The summed E-state index contributed by atoms with van der Waals surface area (Å²) in [5, 5.41) is 4.56. The minimum absolute atomic E-state index is 0.720. The van der Waals surface area contributed by atoms with Gasteiger partial charge in [-0.25, -0.2) is 4.98 Å². The zero-order chi connectivity index (χ0) is 13.2. The van der Waals surface area contributed by atoms with Crippen molar-refractivity contribution in [1.82, 2.24) is 9.97 Å². The fourth-order valence-corrected chi connectivity index (χ4v) is 2.13. The van der Waals surface area contributed by atoms with Crippen LogP contribution in [0.4, 0.5) is 11.5 Å². The minimum Gasteiger partial charge on any atom is -0.397 e. The molecule has 0 aliphatic rings. The Morgan fingerprint density at radius 3 is 2.89 bits per heavy atom. The number of hydrogen-bond donors (Lipinski definition) is 3. The number of aromatic nitrogens is 2. The normalized spacial score (nSPS) is 10.8. The number of benzene rings is 1. The van der Waals surface area contributed by atoms with Gasteiger partial charge in [0, 0.05) is 23.6 Å². The Labute approximate surface area is 111 Å². The molecule has 0 amide bonds. The van der Waals surface area contributed by atoms with Crippen molar-refractivity contribution in [2.45, 2.75) is 13.5 Å². The molecule has 19 heavy (non-hydrogen) atoms. The molecule has 4 N–H and O–H groups in total. The Kier molecular flexibility index (Phi) is 2.83. The molecule has 0 radical (unpaired) electrons. The second-order valence-electron chi connectivity index (χ2n) is 4.58. The van der Waals surface area contributed by atoms with E-state index in [4.69, 9.17) is 5.73 Å². The average Bonchev–Trinajstić information content (AvgIpc) is 2.83. The lowest BCUT2D eigenvalue weighted by Crippen LogP contribution is -2.02. The molecule has 0 atom stereocenters. The fraction of sp³-hybridized carbons (Fsp3) is 0.133. The number of nitrogens with zero attached hydrogens (tertiary/aromatic N) is 1. The van der Waals surface area contributed by atoms with Gasteiger partial charge in [0.25, 0.3) is 0 Å². The van der Waals surface area contributed by atoms with E-state index < -0.39 is 0 Å². The molecular weight excluding hydrogens is 236 g/mol. The number of nitrogens with one attached hydrogen (secondary N) is 2. The first-order valence-corrected chi connectivity index (χ1v) is 6.26. The van der Waals surface area contributed by atoms with Gasteiger partial charge in [-0.3, -0.25) is 0 Å². The van der Waals surface area contributed by atoms with Crippen molar-refractivity contribution < 1.29 is 0 Å². The number of fused-ring (bicyclic) bond motifs is 1. The van der Waals surface area contributed by atoms with Crippen LogP contribution in [0.15, 0.2) is 42.6 Å². The number of anilines is 2. The first-order chi connectivity index (χ1) is 9.24. The van der Waals surface area contributed by atoms with Gasteiger partial charge < -0.3 is 16.0 Å². The van der Waals surface area contributed by atoms with Gasteiger partial charge in [0.2, 0.25) is 0 Å². The molecular formula is C15H16N4. The van der Waals surface area contributed by atoms with Crippen molar-refractivity contribution in [2.24, 2.45) is 0 Å². The summed E-state index contributed by atoms with van der Waals surface area (Å²) in [5.41, 5.74) is 9.71. The zero-order valence-corrected chi connectivity index (χ0v) is 10.8. The van der Waals surface area contributed by atoms with Gasteiger partial charge in [0.05, 0.1) is 11.4 Å². The highest BCUT2D eigenvalue weighted by atomic mass is 15.0. The van der Waals surface area contributed by atoms with E-state index >= 15 is 0 Å². The summed E-state index contributed by atoms with van der Waals surface area (Å²) in [6, 6.07) is 12.0. The SMILES string of the molecule is Cc1nc(NCc2c[nH]c3ccccc23)ccc1N. The summed E-state index contributed by atoms with van der Waals surface area (Å²) < 4.78 is 0. The number of aromatic amines is 1. The van der Waals surface area contributed by atoms with E-state index in [-0.39, 0.29) is 0 Å². The molecule has 0 aliphatic heterocycles. The lowest BCUT2D eigenvalue weighted by Gasteiger charge is -2.07. The molecule has 96 valence electrons. The van der Waals surface area contributed by atoms with E-state index in [0.29, 0.717) is 0 Å². The standard InChI is InChI=1S/C15H16N4/c1-10-13(16)6-7-15(19-10)18-9-11-8-17-14-5-3-2-4-12(11)14/h2-8,17H,9,16H2,1H3,(H,18,19). The van der Waals surface area contributed by atoms with Gasteiger partial charge >= 0.3 is 0 Å². The van der Waals surface area contributed by atoms with Gasteiger partial charge in [0.1, 0.15) is 5.82 Å². The number of nitrogens with two attached hydrogens (primary N) is 1. The summed E-state index contributed by atoms with van der Waals surface area (Å²) >= 11 is 0. The molecule has 0 aliphatic carbocycles. The van der Waals surface area contributed by atoms with Crippen molar-refractivity contribution in [3.05, 3.63) is 53.9 Å². The molecule has 0 spiro atoms. The number of hydrogen-bond acceptors (Lipinski definition) is 3. The molecule has 3 rings (SSSR count). The molecule has 0 saturated carbocycles. The van der Waals surface area contributed by atoms with E-state index in [9.17, 15) is 0 Å². The molecule has 0 saturated heterocycles. The minimum atomic E-state index is 0.720. The Morgan fingerprint density at radius 2 is 2.05 bits per heavy atom. The van der Waals surface area contributed by atoms with Gasteiger partial charge in [-0.1, -0.05) is 18.2 Å². The summed E-state index contributed by atoms with van der Waals surface area (Å²) in [6.45, 7) is 2.65. The molecule has 2 heterocycles. The van der Waals surface area contributed by atoms with Crippen molar-refractivity contribution in [3.63, 3.8) is 0 Å². The zero-order valence-electron chi connectivity index (χ0n) is 10.8. The Balaban J connectivity index is 1.80. The van der Waals surface area contributed by atoms with Crippen LogP contribution in [0.25, 0.3) is 10.9 Å². The molecule has 0 bridgehead atoms. The van der Waals surface area contributed by atoms with Gasteiger partial charge in [-0.2, -0.15) is 0 Å². The second kappa shape index (κ2) is 4.65. The summed E-state index contributed by atoms with van der Waals surface area (Å²) in [4.78, 5) is 7.67. The largest absolute Gasteiger partial charge is 0.397 e. The quantitative estimate of drug-likeness (QED) is 0.671. The number of para-hydroxylation sites is 1. The van der Waals surface area contributed by atoms with Crippen molar-refractivity contribution >= 4 is 22.4 Å². The van der Waals surface area contributed by atoms with Crippen LogP contribution in [0, 0.1) is 6.92 Å². The molecule has 0 fully saturated rings. The van der Waals surface area contributed by atoms with E-state index in [1.165, 1.54) is 10.9 Å². The Hall–Kier alpha value is -2.49. The van der Waals surface area contributed by atoms with Crippen LogP contribution in [-0.4, -0.2) is 9.97 Å². The van der Waals surface area contributed by atoms with Crippen LogP contribution >= 0.6 is 0 Å². The third kappa shape index (κ3) is 2.25. The number of pyridine rings is 1. The maximum absolute atomic E-state index is 5.76. The first-order valence-electron chi connectivity index (χ1n) is 6.26. The van der Waals surface area contributed by atoms with E-state index in [0.717, 1.165) is 29.3 Å². The van der Waals surface area contributed by atoms with Crippen molar-refractivity contribution in [3.8, 4) is 0 Å². The highest BCUT2D eigenvalue weighted by Crippen LogP contribution is 2.19. The second-order valence-corrected chi connectivity index (χ2v) is 4.58. The average molecular weight is 252 g/mol. The van der Waals surface area contributed by atoms with E-state index in [1.54, 1.807) is 0 Å². The van der Waals surface area contributed by atoms with Crippen LogP contribution in [0.3, 0.4) is 0 Å². The highest BCUT2D eigenvalue weighted by Gasteiger charge is 2.03. The summed E-state index contributed by atoms with van der Waals surface area (Å²) in [7, 11) is 0. The molecule has 3 aromatic rings. The predicted molar refractivity (Wildman–Crippen MR) is 79.0 cm³/mol. The lowest BCUT2D eigenvalue weighted by atomic mass is 10.2. The Bertz CT molecular complexity index is 715. The maximum Gasteiger partial charge on any atom is 0.126 e. The van der Waals surface area contributed by atoms with E-state index in [1.807, 2.05) is 37.4 Å². The molecule has 0 unspecified atom stereocenters. The number of H-pyrrole nitrogens is 1. The number of rotatable bonds is 3. The van der Waals surface area contributed by atoms with Crippen molar-refractivity contribution in [1.29, 1.82) is 0 Å². The lowest BCUT2D eigenvalue weighted by molar-refractivity contribution is 1.10. The summed E-state index contributed by atoms with van der Waals surface area (Å²) in [6.07, 6.45) is 2.03. The third-order valence-electron chi connectivity index (χ3n) is 3.26. The van der Waals surface area contributed by atoms with E-state index in [2.05, 4.69) is 27.4 Å². The van der Waals surface area contributed by atoms with Crippen LogP contribution in [0.1, 0.15) is 11.3 Å². The maximum atomic E-state index is 5.76. The van der Waals surface area contributed by atoms with Crippen molar-refractivity contribution in [2.75, 3.05) is 11.1 Å². The Morgan fingerprint density at radius 1 is 1.21 bits per heavy atom. The number of aryl methyl sites for hydroxylation is 1. The van der Waals surface area contributed by atoms with Crippen LogP contribution in [0.2, 0.25) is 0 Å². The fourth-order valence-electron chi connectivity index (χ4n) is 2.13. The smallest absolute Gasteiger partial charge is 0.126 e. The topological polar surface area (TPSA) is 66.7 Å². The highest BCUT2D eigenvalue weighted by molar-refractivity contribution is 5.83. The monoisotopic (exact) mass is 252 g/mol. The number of nitrogen functional groups attached to an aromatic ring is 1. The first kappa shape index (κ1) is 11.6. The molecule has 1 aromatic carbocycles. The third-order valence-corrected chi connectivity index (χ3v) is 3.26. The predicted octanol–water partition coefficient (Wildman–Crippen LogP) is 3.07. The molecule has 4 nitrogen and oxygen atoms in total. The van der Waals surface area contributed by atoms with Gasteiger partial charge in [-0.15, -0.1) is 0 Å². The van der Waals surface area contributed by atoms with Crippen LogP contribution in [-0.2, 0) is 6.54 Å².